The summed E-state index contributed by atoms with van der Waals surface area (Å²) in [6.07, 6.45) is 5.76. The van der Waals surface area contributed by atoms with Gasteiger partial charge in [0.25, 0.3) is 0 Å². The second kappa shape index (κ2) is 9.55. The molecule has 3 fully saturated rings. The molecular formula is C21H34ClN5O. The third-order valence-electron chi connectivity index (χ3n) is 6.65. The van der Waals surface area contributed by atoms with Crippen LogP contribution in [-0.4, -0.2) is 43.2 Å². The van der Waals surface area contributed by atoms with Gasteiger partial charge in [-0.05, 0) is 38.3 Å². The standard InChI is InChI=1S/C21H33N5O.ClH/c1-15(16-7-3-2-4-8-16)24-21(10-5-6-11-21)14-23-20(27)19-17-13-22-12-9-18(17)25-26-19;/h2-4,7-8,15,17-19,22,24-26H,5-6,9-14H2,1H3,(H,23,27);1H. The molecule has 4 rings (SSSR count). The summed E-state index contributed by atoms with van der Waals surface area (Å²) in [4.78, 5) is 12.9. The number of halogens is 1. The summed E-state index contributed by atoms with van der Waals surface area (Å²) in [5.41, 5.74) is 7.84. The average molecular weight is 408 g/mol. The lowest BCUT2D eigenvalue weighted by Crippen LogP contribution is -2.56. The van der Waals surface area contributed by atoms with Crippen LogP contribution in [0.3, 0.4) is 0 Å². The van der Waals surface area contributed by atoms with Gasteiger partial charge in [0.15, 0.2) is 0 Å². The van der Waals surface area contributed by atoms with Gasteiger partial charge in [-0.25, -0.2) is 5.43 Å². The fourth-order valence-corrected chi connectivity index (χ4v) is 5.05. The number of hydrogen-bond donors (Lipinski definition) is 5. The van der Waals surface area contributed by atoms with E-state index in [0.29, 0.717) is 18.5 Å². The smallest absolute Gasteiger partial charge is 0.238 e. The molecule has 1 aliphatic carbocycles. The van der Waals surface area contributed by atoms with Crippen molar-refractivity contribution in [3.8, 4) is 0 Å². The molecule has 0 spiro atoms. The maximum atomic E-state index is 12.9. The molecule has 0 bridgehead atoms. The van der Waals surface area contributed by atoms with E-state index in [2.05, 4.69) is 64.1 Å². The third kappa shape index (κ3) is 4.69. The molecule has 6 nitrogen and oxygen atoms in total. The number of nitrogens with one attached hydrogen (secondary N) is 5. The summed E-state index contributed by atoms with van der Waals surface area (Å²) < 4.78 is 0. The Morgan fingerprint density at radius 1 is 1.21 bits per heavy atom. The van der Waals surface area contributed by atoms with Crippen LogP contribution in [0.1, 0.15) is 50.6 Å². The van der Waals surface area contributed by atoms with Crippen molar-refractivity contribution in [3.63, 3.8) is 0 Å². The molecule has 3 aliphatic rings. The number of benzene rings is 1. The molecule has 156 valence electrons. The summed E-state index contributed by atoms with van der Waals surface area (Å²) in [5, 5.41) is 10.5. The number of piperidine rings is 1. The molecule has 5 N–H and O–H groups in total. The molecule has 1 aromatic rings. The van der Waals surface area contributed by atoms with Crippen molar-refractivity contribution in [1.82, 2.24) is 26.8 Å². The first-order valence-electron chi connectivity index (χ1n) is 10.5. The number of amides is 1. The Morgan fingerprint density at radius 3 is 2.71 bits per heavy atom. The molecule has 28 heavy (non-hydrogen) atoms. The molecular weight excluding hydrogens is 374 g/mol. The van der Waals surface area contributed by atoms with Gasteiger partial charge in [0, 0.05) is 36.6 Å². The van der Waals surface area contributed by atoms with Gasteiger partial charge in [-0.3, -0.25) is 10.2 Å². The lowest BCUT2D eigenvalue weighted by molar-refractivity contribution is -0.124. The molecule has 2 heterocycles. The highest BCUT2D eigenvalue weighted by molar-refractivity contribution is 5.85. The normalized spacial score (nSPS) is 29.5. The topological polar surface area (TPSA) is 77.2 Å². The lowest BCUT2D eigenvalue weighted by atomic mass is 9.88. The fraction of sp³-hybridized carbons (Fsp3) is 0.667. The molecule has 1 saturated carbocycles. The van der Waals surface area contributed by atoms with Gasteiger partial charge in [-0.1, -0.05) is 43.2 Å². The Balaban J connectivity index is 0.00000225. The van der Waals surface area contributed by atoms with Crippen LogP contribution in [0.15, 0.2) is 30.3 Å². The number of carbonyl (C=O) groups excluding carboxylic acids is 1. The maximum Gasteiger partial charge on any atom is 0.238 e. The van der Waals surface area contributed by atoms with Crippen molar-refractivity contribution in [1.29, 1.82) is 0 Å². The van der Waals surface area contributed by atoms with E-state index < -0.39 is 0 Å². The highest BCUT2D eigenvalue weighted by Gasteiger charge is 2.42. The van der Waals surface area contributed by atoms with Gasteiger partial charge >= 0.3 is 0 Å². The highest BCUT2D eigenvalue weighted by Crippen LogP contribution is 2.32. The van der Waals surface area contributed by atoms with Gasteiger partial charge in [-0.2, -0.15) is 0 Å². The minimum Gasteiger partial charge on any atom is -0.353 e. The third-order valence-corrected chi connectivity index (χ3v) is 6.65. The van der Waals surface area contributed by atoms with Crippen molar-refractivity contribution in [2.24, 2.45) is 5.92 Å². The Morgan fingerprint density at radius 2 is 1.96 bits per heavy atom. The van der Waals surface area contributed by atoms with Crippen molar-refractivity contribution in [2.75, 3.05) is 19.6 Å². The predicted octanol–water partition coefficient (Wildman–Crippen LogP) is 1.64. The number of rotatable bonds is 6. The molecule has 4 unspecified atom stereocenters. The Hall–Kier alpha value is -1.18. The fourth-order valence-electron chi connectivity index (χ4n) is 5.05. The van der Waals surface area contributed by atoms with Gasteiger partial charge in [0.2, 0.25) is 5.91 Å². The van der Waals surface area contributed by atoms with Gasteiger partial charge in [-0.15, -0.1) is 12.4 Å². The maximum absolute atomic E-state index is 12.9. The van der Waals surface area contributed by atoms with Crippen LogP contribution in [0.2, 0.25) is 0 Å². The van der Waals surface area contributed by atoms with Crippen LogP contribution < -0.4 is 26.8 Å². The molecule has 0 radical (unpaired) electrons. The lowest BCUT2D eigenvalue weighted by Gasteiger charge is -2.35. The molecule has 4 atom stereocenters. The van der Waals surface area contributed by atoms with E-state index in [-0.39, 0.29) is 35.9 Å². The average Bonchev–Trinajstić information content (AvgIpc) is 3.34. The Bertz CT molecular complexity index is 637. The number of fused-ring (bicyclic) bond motifs is 1. The minimum absolute atomic E-state index is 0. The first-order chi connectivity index (χ1) is 13.2. The van der Waals surface area contributed by atoms with Crippen molar-refractivity contribution >= 4 is 18.3 Å². The number of hydrazine groups is 1. The predicted molar refractivity (Wildman–Crippen MR) is 114 cm³/mol. The zero-order valence-corrected chi connectivity index (χ0v) is 17.5. The first kappa shape index (κ1) is 21.5. The van der Waals surface area contributed by atoms with Crippen molar-refractivity contribution in [2.45, 2.75) is 62.7 Å². The van der Waals surface area contributed by atoms with E-state index in [4.69, 9.17) is 0 Å². The molecule has 7 heteroatoms. The van der Waals surface area contributed by atoms with Crippen LogP contribution in [-0.2, 0) is 4.79 Å². The second-order valence-electron chi connectivity index (χ2n) is 8.51. The first-order valence-corrected chi connectivity index (χ1v) is 10.5. The van der Waals surface area contributed by atoms with Crippen LogP contribution >= 0.6 is 12.4 Å². The van der Waals surface area contributed by atoms with E-state index in [1.54, 1.807) is 0 Å². The zero-order chi connectivity index (χ0) is 18.7. The summed E-state index contributed by atoms with van der Waals surface area (Å²) >= 11 is 0. The van der Waals surface area contributed by atoms with E-state index in [1.165, 1.54) is 18.4 Å². The van der Waals surface area contributed by atoms with Crippen molar-refractivity contribution in [3.05, 3.63) is 35.9 Å². The summed E-state index contributed by atoms with van der Waals surface area (Å²) in [7, 11) is 0. The summed E-state index contributed by atoms with van der Waals surface area (Å²) in [5.74, 6) is 0.452. The molecule has 0 aromatic heterocycles. The molecule has 2 aliphatic heterocycles. The van der Waals surface area contributed by atoms with Crippen LogP contribution in [0.4, 0.5) is 0 Å². The monoisotopic (exact) mass is 407 g/mol. The van der Waals surface area contributed by atoms with Crippen LogP contribution in [0.5, 0.6) is 0 Å². The number of carbonyl (C=O) groups is 1. The quantitative estimate of drug-likeness (QED) is 0.495. The van der Waals surface area contributed by atoms with Crippen LogP contribution in [0.25, 0.3) is 0 Å². The van der Waals surface area contributed by atoms with E-state index in [1.807, 2.05) is 0 Å². The summed E-state index contributed by atoms with van der Waals surface area (Å²) in [6, 6.07) is 11.1. The molecule has 2 saturated heterocycles. The van der Waals surface area contributed by atoms with Crippen molar-refractivity contribution < 1.29 is 4.79 Å². The van der Waals surface area contributed by atoms with Gasteiger partial charge in [0.05, 0.1) is 0 Å². The van der Waals surface area contributed by atoms with Gasteiger partial charge < -0.3 is 16.0 Å². The summed E-state index contributed by atoms with van der Waals surface area (Å²) in [6.45, 7) is 4.84. The minimum atomic E-state index is -0.146. The zero-order valence-electron chi connectivity index (χ0n) is 16.7. The molecule has 1 amide bonds. The largest absolute Gasteiger partial charge is 0.353 e. The highest BCUT2D eigenvalue weighted by atomic mass is 35.5. The molecule has 1 aromatic carbocycles. The van der Waals surface area contributed by atoms with E-state index in [9.17, 15) is 4.79 Å². The van der Waals surface area contributed by atoms with E-state index in [0.717, 1.165) is 32.4 Å². The Labute approximate surface area is 174 Å². The van der Waals surface area contributed by atoms with E-state index >= 15 is 0 Å². The SMILES string of the molecule is CC(NC1(CNC(=O)C2NNC3CCNCC32)CCCC1)c1ccccc1.Cl. The van der Waals surface area contributed by atoms with Crippen LogP contribution in [0, 0.1) is 5.92 Å². The number of hydrogen-bond acceptors (Lipinski definition) is 5. The van der Waals surface area contributed by atoms with Gasteiger partial charge in [0.1, 0.15) is 6.04 Å². The Kier molecular flexibility index (Phi) is 7.34. The second-order valence-corrected chi connectivity index (χ2v) is 8.51.